The van der Waals surface area contributed by atoms with E-state index in [9.17, 15) is 4.79 Å². The fourth-order valence-corrected chi connectivity index (χ4v) is 2.89. The first-order valence-electron chi connectivity index (χ1n) is 9.47. The average molecular weight is 362 g/mol. The van der Waals surface area contributed by atoms with E-state index < -0.39 is 0 Å². The van der Waals surface area contributed by atoms with Gasteiger partial charge in [0.1, 0.15) is 5.78 Å². The van der Waals surface area contributed by atoms with Gasteiger partial charge in [0.15, 0.2) is 0 Å². The second kappa shape index (κ2) is 8.35. The Balaban J connectivity index is 1.54. The van der Waals surface area contributed by atoms with E-state index in [1.165, 1.54) is 18.4 Å². The molecule has 1 aliphatic carbocycles. The summed E-state index contributed by atoms with van der Waals surface area (Å²) in [7, 11) is 0. The molecule has 0 aliphatic heterocycles. The summed E-state index contributed by atoms with van der Waals surface area (Å²) in [6.45, 7) is 6.63. The Morgan fingerprint density at radius 2 is 1.78 bits per heavy atom. The topological polar surface area (TPSA) is 52.1 Å². The van der Waals surface area contributed by atoms with Gasteiger partial charge < -0.3 is 9.53 Å². The monoisotopic (exact) mass is 362 g/mol. The Kier molecular flexibility index (Phi) is 5.91. The van der Waals surface area contributed by atoms with E-state index in [1.807, 2.05) is 12.1 Å². The predicted octanol–water partition coefficient (Wildman–Crippen LogP) is 4.21. The third-order valence-corrected chi connectivity index (χ3v) is 4.81. The molecule has 1 heterocycles. The third kappa shape index (κ3) is 6.21. The van der Waals surface area contributed by atoms with Crippen LogP contribution in [0.1, 0.15) is 56.7 Å². The van der Waals surface area contributed by atoms with E-state index in [4.69, 9.17) is 4.74 Å². The minimum Gasteiger partial charge on any atom is -0.463 e. The van der Waals surface area contributed by atoms with E-state index >= 15 is 0 Å². The molecule has 27 heavy (non-hydrogen) atoms. The van der Waals surface area contributed by atoms with Crippen molar-refractivity contribution in [1.29, 1.82) is 0 Å². The van der Waals surface area contributed by atoms with Crippen LogP contribution in [-0.2, 0) is 11.2 Å². The lowest BCUT2D eigenvalue weighted by Crippen LogP contribution is -2.10. The van der Waals surface area contributed by atoms with Crippen molar-refractivity contribution in [1.82, 2.24) is 9.97 Å². The van der Waals surface area contributed by atoms with Crippen LogP contribution in [0.3, 0.4) is 0 Å². The molecule has 0 spiro atoms. The number of nitrogens with zero attached hydrogens (tertiary/aromatic N) is 2. The van der Waals surface area contributed by atoms with Crippen molar-refractivity contribution in [2.45, 2.75) is 46.5 Å². The summed E-state index contributed by atoms with van der Waals surface area (Å²) in [6.07, 6.45) is 7.35. The number of hydrogen-bond donors (Lipinski definition) is 0. The Morgan fingerprint density at radius 1 is 1.15 bits per heavy atom. The Labute approximate surface area is 161 Å². The summed E-state index contributed by atoms with van der Waals surface area (Å²) in [5.41, 5.74) is 3.25. The fourth-order valence-electron chi connectivity index (χ4n) is 2.89. The number of rotatable bonds is 7. The van der Waals surface area contributed by atoms with Crippen molar-refractivity contribution in [3.8, 4) is 17.9 Å². The highest BCUT2D eigenvalue weighted by Gasteiger charge is 2.38. The molecular formula is C23H26N2O2. The van der Waals surface area contributed by atoms with Crippen LogP contribution in [0.4, 0.5) is 0 Å². The summed E-state index contributed by atoms with van der Waals surface area (Å²) in [5, 5.41) is 0. The number of hydrogen-bond acceptors (Lipinski definition) is 4. The van der Waals surface area contributed by atoms with Gasteiger partial charge in [0.05, 0.1) is 12.2 Å². The minimum atomic E-state index is 0.241. The molecule has 1 aliphatic rings. The largest absolute Gasteiger partial charge is 0.463 e. The fraction of sp³-hybridized carbons (Fsp3) is 0.435. The van der Waals surface area contributed by atoms with Crippen LogP contribution in [0.2, 0.25) is 0 Å². The van der Waals surface area contributed by atoms with Gasteiger partial charge in [-0.05, 0) is 49.8 Å². The SMILES string of the molecule is CC(=O)CC(C)Cc1ccc(C#Cc2cnc(OCC3(C)CC3)nc2)cc1. The molecule has 1 fully saturated rings. The van der Waals surface area contributed by atoms with Crippen LogP contribution in [0.25, 0.3) is 0 Å². The first-order chi connectivity index (χ1) is 12.9. The molecule has 0 bridgehead atoms. The summed E-state index contributed by atoms with van der Waals surface area (Å²) in [4.78, 5) is 19.6. The van der Waals surface area contributed by atoms with Gasteiger partial charge in [-0.15, -0.1) is 0 Å². The smallest absolute Gasteiger partial charge is 0.316 e. The van der Waals surface area contributed by atoms with Crippen LogP contribution in [0, 0.1) is 23.2 Å². The van der Waals surface area contributed by atoms with Crippen LogP contribution >= 0.6 is 0 Å². The highest BCUT2D eigenvalue weighted by molar-refractivity contribution is 5.75. The molecule has 1 aromatic carbocycles. The molecule has 1 atom stereocenters. The Morgan fingerprint density at radius 3 is 2.37 bits per heavy atom. The van der Waals surface area contributed by atoms with Gasteiger partial charge in [-0.2, -0.15) is 0 Å². The lowest BCUT2D eigenvalue weighted by molar-refractivity contribution is -0.117. The number of aromatic nitrogens is 2. The highest BCUT2D eigenvalue weighted by atomic mass is 16.5. The normalized spacial score (nSPS) is 15.4. The van der Waals surface area contributed by atoms with Crippen molar-refractivity contribution in [3.63, 3.8) is 0 Å². The number of carbonyl (C=O) groups is 1. The Bertz CT molecular complexity index is 841. The standard InChI is InChI=1S/C23H26N2O2/c1-17(12-18(2)26)13-20-7-4-19(5-8-20)6-9-21-14-24-22(25-15-21)27-16-23(3)10-11-23/h4-5,7-8,14-15,17H,10-13,16H2,1-3H3. The van der Waals surface area contributed by atoms with Crippen molar-refractivity contribution < 1.29 is 9.53 Å². The zero-order valence-corrected chi connectivity index (χ0v) is 16.3. The summed E-state index contributed by atoms with van der Waals surface area (Å²) in [5.74, 6) is 6.82. The average Bonchev–Trinajstić information content (AvgIpc) is 3.37. The van der Waals surface area contributed by atoms with Gasteiger partial charge in [0.25, 0.3) is 0 Å². The van der Waals surface area contributed by atoms with E-state index in [1.54, 1.807) is 19.3 Å². The van der Waals surface area contributed by atoms with Crippen molar-refractivity contribution in [2.75, 3.05) is 6.61 Å². The molecule has 4 nitrogen and oxygen atoms in total. The zero-order valence-electron chi connectivity index (χ0n) is 16.3. The molecule has 1 unspecified atom stereocenters. The van der Waals surface area contributed by atoms with E-state index in [2.05, 4.69) is 47.8 Å². The van der Waals surface area contributed by atoms with Crippen LogP contribution in [0.5, 0.6) is 6.01 Å². The number of Topliss-reactive ketones (excluding diaryl/α,β-unsaturated/α-hetero) is 1. The molecule has 0 saturated heterocycles. The van der Waals surface area contributed by atoms with Gasteiger partial charge in [-0.25, -0.2) is 9.97 Å². The van der Waals surface area contributed by atoms with Gasteiger partial charge in [-0.3, -0.25) is 0 Å². The van der Waals surface area contributed by atoms with Crippen molar-refractivity contribution >= 4 is 5.78 Å². The van der Waals surface area contributed by atoms with Gasteiger partial charge in [0.2, 0.25) is 0 Å². The Hall–Kier alpha value is -2.67. The lowest BCUT2D eigenvalue weighted by atomic mass is 9.96. The number of ether oxygens (including phenoxy) is 1. The van der Waals surface area contributed by atoms with Crippen molar-refractivity contribution in [2.24, 2.45) is 11.3 Å². The van der Waals surface area contributed by atoms with Crippen LogP contribution < -0.4 is 4.74 Å². The van der Waals surface area contributed by atoms with Crippen LogP contribution in [0.15, 0.2) is 36.7 Å². The van der Waals surface area contributed by atoms with Gasteiger partial charge >= 0.3 is 6.01 Å². The zero-order chi connectivity index (χ0) is 19.3. The molecular weight excluding hydrogens is 336 g/mol. The number of ketones is 1. The van der Waals surface area contributed by atoms with E-state index in [0.29, 0.717) is 30.4 Å². The molecule has 0 N–H and O–H groups in total. The summed E-state index contributed by atoms with van der Waals surface area (Å²) >= 11 is 0. The highest BCUT2D eigenvalue weighted by Crippen LogP contribution is 2.44. The molecule has 140 valence electrons. The number of benzene rings is 1. The van der Waals surface area contributed by atoms with E-state index in [-0.39, 0.29) is 5.78 Å². The molecule has 4 heteroatoms. The molecule has 3 rings (SSSR count). The predicted molar refractivity (Wildman–Crippen MR) is 105 cm³/mol. The van der Waals surface area contributed by atoms with Gasteiger partial charge in [0, 0.05) is 29.8 Å². The number of carbonyl (C=O) groups excluding carboxylic acids is 1. The second-order valence-corrected chi connectivity index (χ2v) is 8.02. The van der Waals surface area contributed by atoms with E-state index in [0.717, 1.165) is 17.5 Å². The molecule has 2 aromatic rings. The minimum absolute atomic E-state index is 0.241. The first kappa shape index (κ1) is 19.1. The maximum absolute atomic E-state index is 11.2. The molecule has 0 amide bonds. The first-order valence-corrected chi connectivity index (χ1v) is 9.47. The molecule has 1 saturated carbocycles. The molecule has 0 radical (unpaired) electrons. The maximum Gasteiger partial charge on any atom is 0.316 e. The summed E-state index contributed by atoms with van der Waals surface area (Å²) < 4.78 is 5.63. The summed E-state index contributed by atoms with van der Waals surface area (Å²) in [6, 6.07) is 8.59. The molecule has 1 aromatic heterocycles. The van der Waals surface area contributed by atoms with Gasteiger partial charge in [-0.1, -0.05) is 37.8 Å². The maximum atomic E-state index is 11.2. The van der Waals surface area contributed by atoms with Crippen LogP contribution in [-0.4, -0.2) is 22.4 Å². The second-order valence-electron chi connectivity index (χ2n) is 8.02. The van der Waals surface area contributed by atoms with Crippen molar-refractivity contribution in [3.05, 3.63) is 53.3 Å². The quantitative estimate of drug-likeness (QED) is 0.692. The third-order valence-electron chi connectivity index (χ3n) is 4.81. The lowest BCUT2D eigenvalue weighted by Gasteiger charge is -2.09.